The molecule has 0 aromatic carbocycles. The molecule has 1 rings (SSSR count). The molecule has 1 aromatic rings. The van der Waals surface area contributed by atoms with E-state index in [1.54, 1.807) is 6.20 Å². The second kappa shape index (κ2) is 5.09. The van der Waals surface area contributed by atoms with Gasteiger partial charge in [-0.3, -0.25) is 0 Å². The Kier molecular flexibility index (Phi) is 4.05. The van der Waals surface area contributed by atoms with Crippen LogP contribution < -0.4 is 10.6 Å². The van der Waals surface area contributed by atoms with Gasteiger partial charge in [-0.1, -0.05) is 6.07 Å². The molecule has 4 heteroatoms. The minimum Gasteiger partial charge on any atom is -0.394 e. The first-order valence-electron chi connectivity index (χ1n) is 5.11. The fourth-order valence-corrected chi connectivity index (χ4v) is 1.22. The molecule has 0 aliphatic heterocycles. The van der Waals surface area contributed by atoms with Crippen LogP contribution >= 0.6 is 0 Å². The highest BCUT2D eigenvalue weighted by molar-refractivity contribution is 5.39. The van der Waals surface area contributed by atoms with E-state index in [-0.39, 0.29) is 18.7 Å². The molecule has 0 aliphatic carbocycles. The first-order valence-corrected chi connectivity index (χ1v) is 5.11. The first-order chi connectivity index (χ1) is 7.06. The Labute approximate surface area is 90.7 Å². The highest BCUT2D eigenvalue weighted by atomic mass is 16.3. The Balaban J connectivity index is 2.79. The largest absolute Gasteiger partial charge is 0.394 e. The zero-order chi connectivity index (χ0) is 11.4. The SMILES string of the molecule is CC(CO)N(C)c1ccc([C@H](C)N)cn1. The monoisotopic (exact) mass is 209 g/mol. The van der Waals surface area contributed by atoms with Crippen molar-refractivity contribution in [3.63, 3.8) is 0 Å². The summed E-state index contributed by atoms with van der Waals surface area (Å²) in [5, 5.41) is 9.02. The normalized spacial score (nSPS) is 14.7. The van der Waals surface area contributed by atoms with Crippen molar-refractivity contribution < 1.29 is 5.11 Å². The van der Waals surface area contributed by atoms with Gasteiger partial charge in [0.05, 0.1) is 12.6 Å². The molecule has 4 nitrogen and oxygen atoms in total. The minimum atomic E-state index is 0.00659. The summed E-state index contributed by atoms with van der Waals surface area (Å²) < 4.78 is 0. The third-order valence-corrected chi connectivity index (χ3v) is 2.58. The molecule has 1 aromatic heterocycles. The molecule has 0 amide bonds. The molecule has 2 atom stereocenters. The summed E-state index contributed by atoms with van der Waals surface area (Å²) in [6.07, 6.45) is 1.78. The molecule has 0 aliphatic rings. The van der Waals surface area contributed by atoms with E-state index in [9.17, 15) is 0 Å². The first kappa shape index (κ1) is 11.9. The number of aromatic nitrogens is 1. The van der Waals surface area contributed by atoms with Crippen LogP contribution in [0.25, 0.3) is 0 Å². The fourth-order valence-electron chi connectivity index (χ4n) is 1.22. The zero-order valence-corrected chi connectivity index (χ0v) is 9.51. The van der Waals surface area contributed by atoms with Crippen molar-refractivity contribution in [2.75, 3.05) is 18.6 Å². The molecular weight excluding hydrogens is 190 g/mol. The summed E-state index contributed by atoms with van der Waals surface area (Å²) in [5.74, 6) is 0.848. The van der Waals surface area contributed by atoms with Crippen LogP contribution in [0.3, 0.4) is 0 Å². The lowest BCUT2D eigenvalue weighted by Gasteiger charge is -2.24. The predicted octanol–water partition coefficient (Wildman–Crippen LogP) is 0.918. The van der Waals surface area contributed by atoms with E-state index in [1.165, 1.54) is 0 Å². The number of likely N-dealkylation sites (N-methyl/N-ethyl adjacent to an activating group) is 1. The molecule has 0 saturated carbocycles. The second-order valence-electron chi connectivity index (χ2n) is 3.88. The Morgan fingerprint density at radius 3 is 2.53 bits per heavy atom. The molecule has 3 N–H and O–H groups in total. The lowest BCUT2D eigenvalue weighted by molar-refractivity contribution is 0.270. The van der Waals surface area contributed by atoms with Crippen molar-refractivity contribution in [3.05, 3.63) is 23.9 Å². The predicted molar refractivity (Wildman–Crippen MR) is 61.8 cm³/mol. The van der Waals surface area contributed by atoms with E-state index in [2.05, 4.69) is 4.98 Å². The van der Waals surface area contributed by atoms with Gasteiger partial charge in [0.15, 0.2) is 0 Å². The Hall–Kier alpha value is -1.13. The van der Waals surface area contributed by atoms with E-state index in [1.807, 2.05) is 37.9 Å². The molecule has 1 heterocycles. The summed E-state index contributed by atoms with van der Waals surface area (Å²) in [5.41, 5.74) is 6.75. The van der Waals surface area contributed by atoms with E-state index < -0.39 is 0 Å². The smallest absolute Gasteiger partial charge is 0.128 e. The topological polar surface area (TPSA) is 62.4 Å². The van der Waals surface area contributed by atoms with E-state index >= 15 is 0 Å². The van der Waals surface area contributed by atoms with Gasteiger partial charge in [0, 0.05) is 19.3 Å². The minimum absolute atomic E-state index is 0.00659. The number of aliphatic hydroxyl groups is 1. The van der Waals surface area contributed by atoms with Crippen LogP contribution in [-0.4, -0.2) is 29.8 Å². The van der Waals surface area contributed by atoms with Gasteiger partial charge in [0.25, 0.3) is 0 Å². The number of anilines is 1. The van der Waals surface area contributed by atoms with E-state index in [0.29, 0.717) is 0 Å². The molecule has 0 saturated heterocycles. The van der Waals surface area contributed by atoms with Crippen molar-refractivity contribution in [1.82, 2.24) is 4.98 Å². The average Bonchev–Trinajstić information content (AvgIpc) is 2.27. The highest BCUT2D eigenvalue weighted by Gasteiger charge is 2.10. The van der Waals surface area contributed by atoms with E-state index in [0.717, 1.165) is 11.4 Å². The third-order valence-electron chi connectivity index (χ3n) is 2.58. The third kappa shape index (κ3) is 2.91. The molecule has 0 fully saturated rings. The summed E-state index contributed by atoms with van der Waals surface area (Å²) in [6, 6.07) is 3.96. The van der Waals surface area contributed by atoms with Crippen LogP contribution in [-0.2, 0) is 0 Å². The quantitative estimate of drug-likeness (QED) is 0.774. The summed E-state index contributed by atoms with van der Waals surface area (Å²) in [4.78, 5) is 6.24. The van der Waals surface area contributed by atoms with Crippen molar-refractivity contribution in [2.45, 2.75) is 25.9 Å². The second-order valence-corrected chi connectivity index (χ2v) is 3.88. The number of rotatable bonds is 4. The average molecular weight is 209 g/mol. The number of pyridine rings is 1. The van der Waals surface area contributed by atoms with Crippen molar-refractivity contribution >= 4 is 5.82 Å². The molecule has 15 heavy (non-hydrogen) atoms. The van der Waals surface area contributed by atoms with Gasteiger partial charge in [0.2, 0.25) is 0 Å². The van der Waals surface area contributed by atoms with Gasteiger partial charge in [0.1, 0.15) is 5.82 Å². The Morgan fingerprint density at radius 1 is 1.47 bits per heavy atom. The molecule has 1 unspecified atom stereocenters. The van der Waals surface area contributed by atoms with Crippen LogP contribution in [0.2, 0.25) is 0 Å². The lowest BCUT2D eigenvalue weighted by Crippen LogP contribution is -2.32. The standard InChI is InChI=1S/C11H19N3O/c1-8(7-15)14(3)11-5-4-10(6-13-11)9(2)12/h4-6,8-9,15H,7,12H2,1-3H3/t8?,9-/m0/s1. The van der Waals surface area contributed by atoms with Crippen LogP contribution in [0.5, 0.6) is 0 Å². The molecular formula is C11H19N3O. The van der Waals surface area contributed by atoms with Crippen LogP contribution in [0.4, 0.5) is 5.82 Å². The Morgan fingerprint density at radius 2 is 2.13 bits per heavy atom. The number of hydrogen-bond acceptors (Lipinski definition) is 4. The van der Waals surface area contributed by atoms with Gasteiger partial charge < -0.3 is 15.7 Å². The molecule has 0 radical (unpaired) electrons. The summed E-state index contributed by atoms with van der Waals surface area (Å²) in [7, 11) is 1.91. The van der Waals surface area contributed by atoms with Gasteiger partial charge >= 0.3 is 0 Å². The molecule has 0 spiro atoms. The highest BCUT2D eigenvalue weighted by Crippen LogP contribution is 2.15. The number of nitrogens with zero attached hydrogens (tertiary/aromatic N) is 2. The Bertz CT molecular complexity index is 297. The van der Waals surface area contributed by atoms with Crippen LogP contribution in [0, 0.1) is 0 Å². The van der Waals surface area contributed by atoms with E-state index in [4.69, 9.17) is 10.8 Å². The van der Waals surface area contributed by atoms with Gasteiger partial charge in [-0.2, -0.15) is 0 Å². The fraction of sp³-hybridized carbons (Fsp3) is 0.545. The number of nitrogens with two attached hydrogens (primary N) is 1. The lowest BCUT2D eigenvalue weighted by atomic mass is 10.1. The number of hydrogen-bond donors (Lipinski definition) is 2. The molecule has 84 valence electrons. The maximum atomic E-state index is 9.02. The van der Waals surface area contributed by atoms with Crippen LogP contribution in [0.1, 0.15) is 25.5 Å². The van der Waals surface area contributed by atoms with Crippen molar-refractivity contribution in [1.29, 1.82) is 0 Å². The van der Waals surface area contributed by atoms with Crippen LogP contribution in [0.15, 0.2) is 18.3 Å². The summed E-state index contributed by atoms with van der Waals surface area (Å²) in [6.45, 7) is 3.99. The van der Waals surface area contributed by atoms with Gasteiger partial charge in [-0.25, -0.2) is 4.98 Å². The van der Waals surface area contributed by atoms with Gasteiger partial charge in [-0.05, 0) is 25.5 Å². The van der Waals surface area contributed by atoms with Crippen molar-refractivity contribution in [2.24, 2.45) is 5.73 Å². The molecule has 0 bridgehead atoms. The zero-order valence-electron chi connectivity index (χ0n) is 9.51. The maximum Gasteiger partial charge on any atom is 0.128 e. The number of aliphatic hydroxyl groups excluding tert-OH is 1. The van der Waals surface area contributed by atoms with Crippen molar-refractivity contribution in [3.8, 4) is 0 Å². The van der Waals surface area contributed by atoms with Gasteiger partial charge in [-0.15, -0.1) is 0 Å². The summed E-state index contributed by atoms with van der Waals surface area (Å²) >= 11 is 0. The maximum absolute atomic E-state index is 9.02.